The number of aryl methyl sites for hydroxylation is 3. The van der Waals surface area contributed by atoms with Gasteiger partial charge >= 0.3 is 0 Å². The molecule has 3 aromatic rings. The summed E-state index contributed by atoms with van der Waals surface area (Å²) in [6.07, 6.45) is 2.81. The van der Waals surface area contributed by atoms with Gasteiger partial charge in [0, 0.05) is 12.2 Å². The van der Waals surface area contributed by atoms with Crippen molar-refractivity contribution >= 4 is 16.9 Å². The number of fused-ring (bicyclic) bond motifs is 2. The van der Waals surface area contributed by atoms with E-state index in [4.69, 9.17) is 0 Å². The Labute approximate surface area is 151 Å². The lowest BCUT2D eigenvalue weighted by molar-refractivity contribution is 0.0936. The predicted octanol–water partition coefficient (Wildman–Crippen LogP) is 2.72. The van der Waals surface area contributed by atoms with E-state index < -0.39 is 0 Å². The highest BCUT2D eigenvalue weighted by molar-refractivity contribution is 5.94. The summed E-state index contributed by atoms with van der Waals surface area (Å²) in [6.45, 7) is 4.71. The van der Waals surface area contributed by atoms with Gasteiger partial charge in [-0.05, 0) is 56.9 Å². The Morgan fingerprint density at radius 3 is 2.96 bits per heavy atom. The number of carbonyl (C=O) groups excluding carboxylic acids is 1. The third-order valence-corrected chi connectivity index (χ3v) is 5.07. The average Bonchev–Trinajstić information content (AvgIpc) is 3.24. The number of aromatic amines is 1. The number of aromatic nitrogens is 3. The number of H-pyrrole nitrogens is 1. The highest BCUT2D eigenvalue weighted by atomic mass is 16.2. The monoisotopic (exact) mass is 350 g/mol. The molecule has 1 atom stereocenters. The molecule has 0 aliphatic heterocycles. The van der Waals surface area contributed by atoms with E-state index in [0.29, 0.717) is 0 Å². The van der Waals surface area contributed by atoms with Crippen LogP contribution in [0.2, 0.25) is 0 Å². The van der Waals surface area contributed by atoms with E-state index in [0.717, 1.165) is 53.9 Å². The van der Waals surface area contributed by atoms with E-state index in [1.807, 2.05) is 31.2 Å². The number of amides is 1. The zero-order valence-corrected chi connectivity index (χ0v) is 15.0. The van der Waals surface area contributed by atoms with Crippen LogP contribution in [-0.4, -0.2) is 20.4 Å². The van der Waals surface area contributed by atoms with Gasteiger partial charge in [-0.15, -0.1) is 0 Å². The maximum Gasteiger partial charge on any atom is 0.261 e. The number of imidazole rings is 1. The van der Waals surface area contributed by atoms with Gasteiger partial charge in [0.05, 0.1) is 17.1 Å². The highest BCUT2D eigenvalue weighted by Gasteiger charge is 2.22. The lowest BCUT2D eigenvalue weighted by Crippen LogP contribution is -2.33. The van der Waals surface area contributed by atoms with Crippen LogP contribution in [0.1, 0.15) is 53.7 Å². The summed E-state index contributed by atoms with van der Waals surface area (Å²) in [6, 6.07) is 9.36. The zero-order valence-electron chi connectivity index (χ0n) is 15.0. The molecule has 134 valence electrons. The Balaban J connectivity index is 1.64. The summed E-state index contributed by atoms with van der Waals surface area (Å²) in [4.78, 5) is 32.5. The second kappa shape index (κ2) is 6.44. The van der Waals surface area contributed by atoms with Crippen molar-refractivity contribution in [1.29, 1.82) is 0 Å². The number of benzene rings is 1. The number of hydrogen-bond donors (Lipinski definition) is 2. The number of para-hydroxylation sites is 2. The van der Waals surface area contributed by atoms with Crippen LogP contribution in [0.3, 0.4) is 0 Å². The minimum Gasteiger partial charge on any atom is -0.342 e. The molecule has 4 rings (SSSR count). The molecule has 2 N–H and O–H groups in total. The molecular formula is C20H22N4O2. The average molecular weight is 350 g/mol. The Hall–Kier alpha value is -2.89. The fraction of sp³-hybridized carbons (Fsp3) is 0.350. The molecule has 0 fully saturated rings. The van der Waals surface area contributed by atoms with Gasteiger partial charge in [0.25, 0.3) is 11.5 Å². The first-order valence-electron chi connectivity index (χ1n) is 9.09. The van der Waals surface area contributed by atoms with Crippen molar-refractivity contribution in [2.45, 2.75) is 45.7 Å². The summed E-state index contributed by atoms with van der Waals surface area (Å²) < 4.78 is 2.09. The number of pyridine rings is 1. The molecule has 0 saturated carbocycles. The van der Waals surface area contributed by atoms with Gasteiger partial charge in [0.2, 0.25) is 0 Å². The number of carbonyl (C=O) groups is 1. The topological polar surface area (TPSA) is 79.8 Å². The Morgan fingerprint density at radius 2 is 2.15 bits per heavy atom. The standard InChI is InChI=1S/C20H22N4O2/c1-3-24-17-10-5-4-8-16(17)22-18(24)12(2)21-19(25)14-11-13-7-6-9-15(13)23-20(14)26/h4-5,8,10-12H,3,6-7,9H2,1-2H3,(H,21,25)(H,23,26). The lowest BCUT2D eigenvalue weighted by atomic mass is 10.1. The zero-order chi connectivity index (χ0) is 18.3. The minimum atomic E-state index is -0.358. The molecule has 1 amide bonds. The van der Waals surface area contributed by atoms with Gasteiger partial charge in [0.1, 0.15) is 11.4 Å². The van der Waals surface area contributed by atoms with Crippen LogP contribution in [0.25, 0.3) is 11.0 Å². The SMILES string of the molecule is CCn1c(C(C)NC(=O)c2cc3c([nH]c2=O)CCC3)nc2ccccc21. The van der Waals surface area contributed by atoms with Crippen LogP contribution in [-0.2, 0) is 19.4 Å². The molecule has 0 saturated heterocycles. The molecular weight excluding hydrogens is 328 g/mol. The van der Waals surface area contributed by atoms with E-state index >= 15 is 0 Å². The smallest absolute Gasteiger partial charge is 0.261 e. The van der Waals surface area contributed by atoms with E-state index in [1.54, 1.807) is 6.07 Å². The predicted molar refractivity (Wildman–Crippen MR) is 100 cm³/mol. The maximum absolute atomic E-state index is 12.7. The summed E-state index contributed by atoms with van der Waals surface area (Å²) >= 11 is 0. The van der Waals surface area contributed by atoms with Crippen LogP contribution in [0.5, 0.6) is 0 Å². The number of nitrogens with one attached hydrogen (secondary N) is 2. The molecule has 1 aliphatic carbocycles. The van der Waals surface area contributed by atoms with Crippen molar-refractivity contribution in [3.63, 3.8) is 0 Å². The molecule has 0 spiro atoms. The van der Waals surface area contributed by atoms with Crippen molar-refractivity contribution < 1.29 is 4.79 Å². The van der Waals surface area contributed by atoms with Crippen LogP contribution < -0.4 is 10.9 Å². The molecule has 6 nitrogen and oxygen atoms in total. The Bertz CT molecular complexity index is 1050. The van der Waals surface area contributed by atoms with Crippen molar-refractivity contribution in [2.75, 3.05) is 0 Å². The molecule has 2 heterocycles. The third kappa shape index (κ3) is 2.71. The molecule has 0 radical (unpaired) electrons. The van der Waals surface area contributed by atoms with E-state index in [-0.39, 0.29) is 23.1 Å². The molecule has 1 aliphatic rings. The maximum atomic E-state index is 12.7. The van der Waals surface area contributed by atoms with E-state index in [1.165, 1.54) is 0 Å². The van der Waals surface area contributed by atoms with Gasteiger partial charge in [0.15, 0.2) is 0 Å². The van der Waals surface area contributed by atoms with Crippen LogP contribution in [0.15, 0.2) is 35.1 Å². The van der Waals surface area contributed by atoms with Gasteiger partial charge in [-0.3, -0.25) is 9.59 Å². The number of hydrogen-bond acceptors (Lipinski definition) is 3. The molecule has 6 heteroatoms. The van der Waals surface area contributed by atoms with E-state index in [2.05, 4.69) is 26.8 Å². The minimum absolute atomic E-state index is 0.177. The number of nitrogens with zero attached hydrogens (tertiary/aromatic N) is 2. The molecule has 1 aromatic carbocycles. The summed E-state index contributed by atoms with van der Waals surface area (Å²) in [5.41, 5.74) is 3.84. The largest absolute Gasteiger partial charge is 0.342 e. The summed E-state index contributed by atoms with van der Waals surface area (Å²) in [5.74, 6) is 0.433. The van der Waals surface area contributed by atoms with Crippen molar-refractivity contribution in [3.05, 3.63) is 63.3 Å². The van der Waals surface area contributed by atoms with Crippen LogP contribution in [0.4, 0.5) is 0 Å². The first kappa shape index (κ1) is 16.6. The lowest BCUT2D eigenvalue weighted by Gasteiger charge is -2.15. The van der Waals surface area contributed by atoms with Crippen molar-refractivity contribution in [1.82, 2.24) is 19.9 Å². The second-order valence-corrected chi connectivity index (χ2v) is 6.77. The summed E-state index contributed by atoms with van der Waals surface area (Å²) in [7, 11) is 0. The van der Waals surface area contributed by atoms with Gasteiger partial charge in [-0.1, -0.05) is 12.1 Å². The fourth-order valence-corrected chi connectivity index (χ4v) is 3.78. The van der Waals surface area contributed by atoms with Crippen LogP contribution in [0, 0.1) is 0 Å². The first-order chi connectivity index (χ1) is 12.6. The van der Waals surface area contributed by atoms with Gasteiger partial charge in [-0.2, -0.15) is 0 Å². The molecule has 1 unspecified atom stereocenters. The Morgan fingerprint density at radius 1 is 1.35 bits per heavy atom. The van der Waals surface area contributed by atoms with Crippen molar-refractivity contribution in [2.24, 2.45) is 0 Å². The quantitative estimate of drug-likeness (QED) is 0.759. The van der Waals surface area contributed by atoms with Crippen molar-refractivity contribution in [3.8, 4) is 0 Å². The molecule has 26 heavy (non-hydrogen) atoms. The summed E-state index contributed by atoms with van der Waals surface area (Å²) in [5, 5.41) is 2.94. The molecule has 2 aromatic heterocycles. The fourth-order valence-electron chi connectivity index (χ4n) is 3.78. The third-order valence-electron chi connectivity index (χ3n) is 5.07. The Kier molecular flexibility index (Phi) is 4.11. The second-order valence-electron chi connectivity index (χ2n) is 6.77. The first-order valence-corrected chi connectivity index (χ1v) is 9.09. The highest BCUT2D eigenvalue weighted by Crippen LogP contribution is 2.22. The molecule has 0 bridgehead atoms. The normalized spacial score (nSPS) is 14.4. The number of rotatable bonds is 4. The van der Waals surface area contributed by atoms with Crippen LogP contribution >= 0.6 is 0 Å². The van der Waals surface area contributed by atoms with Gasteiger partial charge in [-0.25, -0.2) is 4.98 Å². The van der Waals surface area contributed by atoms with Gasteiger partial charge < -0.3 is 14.9 Å². The van der Waals surface area contributed by atoms with E-state index in [9.17, 15) is 9.59 Å².